The zero-order valence-electron chi connectivity index (χ0n) is 7.06. The molecule has 0 heterocycles. The Morgan fingerprint density at radius 1 is 1.30 bits per heavy atom. The molecule has 0 fully saturated rings. The van der Waals surface area contributed by atoms with Gasteiger partial charge in [0, 0.05) is 0 Å². The van der Waals surface area contributed by atoms with E-state index in [9.17, 15) is 0 Å². The van der Waals surface area contributed by atoms with Crippen molar-refractivity contribution < 1.29 is 5.11 Å². The number of hydrogen-bond acceptors (Lipinski definition) is 2. The third-order valence-electron chi connectivity index (χ3n) is 1.55. The van der Waals surface area contributed by atoms with E-state index >= 15 is 0 Å². The molecule has 0 radical (unpaired) electrons. The molecule has 0 aromatic heterocycles. The zero-order valence-corrected chi connectivity index (χ0v) is 7.06. The monoisotopic (exact) mass is 145 g/mol. The van der Waals surface area contributed by atoms with E-state index < -0.39 is 0 Å². The molecule has 2 nitrogen and oxygen atoms in total. The first-order valence-corrected chi connectivity index (χ1v) is 4.20. The van der Waals surface area contributed by atoms with Crippen molar-refractivity contribution in [2.45, 2.75) is 39.2 Å². The van der Waals surface area contributed by atoms with Crippen LogP contribution in [0.1, 0.15) is 33.1 Å². The molecule has 0 aliphatic heterocycles. The van der Waals surface area contributed by atoms with Crippen molar-refractivity contribution >= 4 is 0 Å². The van der Waals surface area contributed by atoms with Gasteiger partial charge in [0.05, 0.1) is 6.10 Å². The molecule has 0 aromatic rings. The molecular formula is C8H19NO. The van der Waals surface area contributed by atoms with Gasteiger partial charge in [-0.25, -0.2) is 0 Å². The summed E-state index contributed by atoms with van der Waals surface area (Å²) >= 11 is 0. The van der Waals surface area contributed by atoms with E-state index in [4.69, 9.17) is 5.11 Å². The number of aliphatic hydroxyl groups is 1. The summed E-state index contributed by atoms with van der Waals surface area (Å²) in [5, 5.41) is 12.4. The summed E-state index contributed by atoms with van der Waals surface area (Å²) in [5.41, 5.74) is 0. The van der Waals surface area contributed by atoms with Crippen LogP contribution in [0.25, 0.3) is 0 Å². The maximum atomic E-state index is 9.12. The SMILES string of the molecule is CCCNCCC(O)CC. The Hall–Kier alpha value is -0.0800. The highest BCUT2D eigenvalue weighted by molar-refractivity contribution is 4.54. The number of nitrogens with one attached hydrogen (secondary N) is 1. The molecule has 2 N–H and O–H groups in total. The van der Waals surface area contributed by atoms with Crippen molar-refractivity contribution in [2.75, 3.05) is 13.1 Å². The summed E-state index contributed by atoms with van der Waals surface area (Å²) in [6, 6.07) is 0. The third kappa shape index (κ3) is 6.05. The van der Waals surface area contributed by atoms with Gasteiger partial charge in [-0.3, -0.25) is 0 Å². The molecule has 0 bridgehead atoms. The van der Waals surface area contributed by atoms with Crippen molar-refractivity contribution in [3.63, 3.8) is 0 Å². The first kappa shape index (κ1) is 9.92. The van der Waals surface area contributed by atoms with E-state index in [-0.39, 0.29) is 6.10 Å². The number of rotatable bonds is 6. The normalized spacial score (nSPS) is 13.5. The average Bonchev–Trinajstić information content (AvgIpc) is 1.98. The van der Waals surface area contributed by atoms with Crippen LogP contribution in [0.3, 0.4) is 0 Å². The van der Waals surface area contributed by atoms with Crippen LogP contribution in [0.15, 0.2) is 0 Å². The van der Waals surface area contributed by atoms with Gasteiger partial charge in [-0.15, -0.1) is 0 Å². The lowest BCUT2D eigenvalue weighted by molar-refractivity contribution is 0.160. The Kier molecular flexibility index (Phi) is 6.98. The first-order chi connectivity index (χ1) is 4.81. The summed E-state index contributed by atoms with van der Waals surface area (Å²) in [6.45, 7) is 6.16. The smallest absolute Gasteiger partial charge is 0.0549 e. The molecule has 62 valence electrons. The van der Waals surface area contributed by atoms with Crippen molar-refractivity contribution in [3.8, 4) is 0 Å². The molecule has 0 rings (SSSR count). The molecule has 0 spiro atoms. The highest BCUT2D eigenvalue weighted by Gasteiger charge is 1.97. The zero-order chi connectivity index (χ0) is 7.82. The van der Waals surface area contributed by atoms with Gasteiger partial charge in [-0.2, -0.15) is 0 Å². The van der Waals surface area contributed by atoms with Crippen LogP contribution in [0, 0.1) is 0 Å². The van der Waals surface area contributed by atoms with E-state index in [2.05, 4.69) is 12.2 Å². The van der Waals surface area contributed by atoms with Crippen molar-refractivity contribution in [1.29, 1.82) is 0 Å². The van der Waals surface area contributed by atoms with E-state index in [0.29, 0.717) is 0 Å². The Bertz CT molecular complexity index is 66.3. The second-order valence-electron chi connectivity index (χ2n) is 2.60. The lowest BCUT2D eigenvalue weighted by Gasteiger charge is -2.07. The lowest BCUT2D eigenvalue weighted by atomic mass is 10.2. The van der Waals surface area contributed by atoms with Crippen molar-refractivity contribution in [3.05, 3.63) is 0 Å². The largest absolute Gasteiger partial charge is 0.393 e. The summed E-state index contributed by atoms with van der Waals surface area (Å²) in [7, 11) is 0. The molecule has 0 aliphatic rings. The maximum Gasteiger partial charge on any atom is 0.0549 e. The van der Waals surface area contributed by atoms with Crippen LogP contribution in [0.4, 0.5) is 0 Å². The minimum Gasteiger partial charge on any atom is -0.393 e. The fraction of sp³-hybridized carbons (Fsp3) is 1.00. The molecule has 0 aromatic carbocycles. The molecular weight excluding hydrogens is 126 g/mol. The summed E-state index contributed by atoms with van der Waals surface area (Å²) in [5.74, 6) is 0. The van der Waals surface area contributed by atoms with Crippen LogP contribution in [-0.2, 0) is 0 Å². The van der Waals surface area contributed by atoms with Crippen LogP contribution < -0.4 is 5.32 Å². The van der Waals surface area contributed by atoms with Crippen LogP contribution in [0.5, 0.6) is 0 Å². The summed E-state index contributed by atoms with van der Waals surface area (Å²) < 4.78 is 0. The highest BCUT2D eigenvalue weighted by Crippen LogP contribution is 1.93. The summed E-state index contributed by atoms with van der Waals surface area (Å²) in [6.07, 6.45) is 2.82. The minimum atomic E-state index is -0.107. The standard InChI is InChI=1S/C8H19NO/c1-3-6-9-7-5-8(10)4-2/h8-10H,3-7H2,1-2H3. The fourth-order valence-electron chi connectivity index (χ4n) is 0.775. The van der Waals surface area contributed by atoms with Gasteiger partial charge < -0.3 is 10.4 Å². The van der Waals surface area contributed by atoms with Gasteiger partial charge in [0.15, 0.2) is 0 Å². The van der Waals surface area contributed by atoms with Gasteiger partial charge >= 0.3 is 0 Å². The van der Waals surface area contributed by atoms with E-state index in [1.165, 1.54) is 6.42 Å². The minimum absolute atomic E-state index is 0.107. The number of aliphatic hydroxyl groups excluding tert-OH is 1. The van der Waals surface area contributed by atoms with Gasteiger partial charge in [-0.05, 0) is 32.4 Å². The molecule has 0 saturated heterocycles. The molecule has 10 heavy (non-hydrogen) atoms. The molecule has 0 aliphatic carbocycles. The Morgan fingerprint density at radius 3 is 2.50 bits per heavy atom. The van der Waals surface area contributed by atoms with Crippen LogP contribution in [0.2, 0.25) is 0 Å². The topological polar surface area (TPSA) is 32.3 Å². The Morgan fingerprint density at radius 2 is 2.00 bits per heavy atom. The quantitative estimate of drug-likeness (QED) is 0.549. The first-order valence-electron chi connectivity index (χ1n) is 4.20. The highest BCUT2D eigenvalue weighted by atomic mass is 16.3. The van der Waals surface area contributed by atoms with Gasteiger partial charge in [0.1, 0.15) is 0 Å². The molecule has 1 unspecified atom stereocenters. The Labute approximate surface area is 63.6 Å². The Balaban J connectivity index is 2.89. The number of hydrogen-bond donors (Lipinski definition) is 2. The molecule has 1 atom stereocenters. The summed E-state index contributed by atoms with van der Waals surface area (Å²) in [4.78, 5) is 0. The van der Waals surface area contributed by atoms with Crippen LogP contribution >= 0.6 is 0 Å². The maximum absolute atomic E-state index is 9.12. The van der Waals surface area contributed by atoms with E-state index in [0.717, 1.165) is 25.9 Å². The molecule has 0 amide bonds. The van der Waals surface area contributed by atoms with Crippen molar-refractivity contribution in [2.24, 2.45) is 0 Å². The van der Waals surface area contributed by atoms with E-state index in [1.807, 2.05) is 6.92 Å². The van der Waals surface area contributed by atoms with Crippen molar-refractivity contribution in [1.82, 2.24) is 5.32 Å². The molecule has 2 heteroatoms. The molecule has 0 saturated carbocycles. The van der Waals surface area contributed by atoms with Gasteiger partial charge in [0.25, 0.3) is 0 Å². The van der Waals surface area contributed by atoms with Gasteiger partial charge in [-0.1, -0.05) is 13.8 Å². The average molecular weight is 145 g/mol. The fourth-order valence-corrected chi connectivity index (χ4v) is 0.775. The second kappa shape index (κ2) is 7.03. The van der Waals surface area contributed by atoms with E-state index in [1.54, 1.807) is 0 Å². The van der Waals surface area contributed by atoms with Crippen LogP contribution in [-0.4, -0.2) is 24.3 Å². The predicted molar refractivity (Wildman–Crippen MR) is 44.1 cm³/mol. The second-order valence-corrected chi connectivity index (χ2v) is 2.60. The lowest BCUT2D eigenvalue weighted by Crippen LogP contribution is -2.20. The third-order valence-corrected chi connectivity index (χ3v) is 1.55. The van der Waals surface area contributed by atoms with Gasteiger partial charge in [0.2, 0.25) is 0 Å². The predicted octanol–water partition coefficient (Wildman–Crippen LogP) is 1.15.